The van der Waals surface area contributed by atoms with E-state index in [1.807, 2.05) is 38.1 Å². The summed E-state index contributed by atoms with van der Waals surface area (Å²) in [7, 11) is -2.38. The van der Waals surface area contributed by atoms with Gasteiger partial charge >= 0.3 is 0 Å². The average Bonchev–Trinajstić information content (AvgIpc) is 3.23. The molecule has 0 aliphatic heterocycles. The Morgan fingerprint density at radius 3 is 2.26 bits per heavy atom. The molecule has 2 aromatic carbocycles. The molecule has 0 bridgehead atoms. The highest BCUT2D eigenvalue weighted by molar-refractivity contribution is 7.92. The predicted molar refractivity (Wildman–Crippen MR) is 147 cm³/mol. The van der Waals surface area contributed by atoms with Crippen molar-refractivity contribution in [3.63, 3.8) is 0 Å². The molecule has 0 radical (unpaired) electrons. The van der Waals surface area contributed by atoms with Crippen molar-refractivity contribution in [3.05, 3.63) is 65.4 Å². The van der Waals surface area contributed by atoms with Crippen LogP contribution in [0.2, 0.25) is 0 Å². The number of rotatable bonds is 11. The van der Waals surface area contributed by atoms with E-state index in [1.165, 1.54) is 6.07 Å². The number of hydrogen-bond donors (Lipinski definition) is 2. The van der Waals surface area contributed by atoms with E-state index in [1.54, 1.807) is 50.9 Å². The molecule has 2 amide bonds. The summed E-state index contributed by atoms with van der Waals surface area (Å²) in [4.78, 5) is 27.3. The quantitative estimate of drug-likeness (QED) is 0.365. The standard InChI is InChI=1S/C28H36N4O5S/c1-7-18(3)26(28(34)29-6)32(25(33)8-2)17-21-13-15-22(16-14-21)23-11-9-10-12-24(23)38(35,36)31-27-19(4)20(5)37-30-27/h9-16,18,26H,7-8,17H2,1-6H3,(H,29,34)(H,30,31)/t18-,26-/m0/s1. The van der Waals surface area contributed by atoms with Crippen LogP contribution in [-0.4, -0.2) is 43.4 Å². The number of hydrogen-bond acceptors (Lipinski definition) is 6. The molecule has 0 unspecified atom stereocenters. The van der Waals surface area contributed by atoms with Crippen LogP contribution in [0.5, 0.6) is 0 Å². The van der Waals surface area contributed by atoms with Gasteiger partial charge in [-0.2, -0.15) is 0 Å². The number of sulfonamides is 1. The van der Waals surface area contributed by atoms with Crippen LogP contribution in [-0.2, 0) is 26.2 Å². The van der Waals surface area contributed by atoms with E-state index in [2.05, 4.69) is 15.2 Å². The first-order chi connectivity index (χ1) is 18.0. The Labute approximate surface area is 224 Å². The predicted octanol–water partition coefficient (Wildman–Crippen LogP) is 4.66. The molecule has 9 nitrogen and oxygen atoms in total. The van der Waals surface area contributed by atoms with Gasteiger partial charge in [0.05, 0.1) is 4.90 Å². The number of amides is 2. The number of nitrogens with zero attached hydrogens (tertiary/aromatic N) is 2. The molecule has 1 aromatic heterocycles. The first-order valence-electron chi connectivity index (χ1n) is 12.7. The van der Waals surface area contributed by atoms with Crippen LogP contribution < -0.4 is 10.0 Å². The van der Waals surface area contributed by atoms with Crippen LogP contribution >= 0.6 is 0 Å². The van der Waals surface area contributed by atoms with Gasteiger partial charge in [0, 0.05) is 31.1 Å². The summed E-state index contributed by atoms with van der Waals surface area (Å²) in [6.45, 7) is 9.45. The van der Waals surface area contributed by atoms with Crippen LogP contribution in [0.15, 0.2) is 57.9 Å². The third-order valence-corrected chi connectivity index (χ3v) is 8.24. The van der Waals surface area contributed by atoms with E-state index in [9.17, 15) is 18.0 Å². The molecule has 2 atom stereocenters. The molecule has 0 aliphatic rings. The zero-order valence-electron chi connectivity index (χ0n) is 22.7. The molecule has 2 N–H and O–H groups in total. The van der Waals surface area contributed by atoms with Crippen LogP contribution in [0, 0.1) is 19.8 Å². The van der Waals surface area contributed by atoms with Gasteiger partial charge in [0.1, 0.15) is 11.8 Å². The number of anilines is 1. The normalized spacial score (nSPS) is 13.0. The average molecular weight is 541 g/mol. The Morgan fingerprint density at radius 1 is 1.05 bits per heavy atom. The van der Waals surface area contributed by atoms with Gasteiger partial charge in [0.25, 0.3) is 10.0 Å². The minimum absolute atomic E-state index is 0.0218. The van der Waals surface area contributed by atoms with Gasteiger partial charge in [-0.1, -0.05) is 74.8 Å². The number of likely N-dealkylation sites (N-methyl/N-ethyl adjacent to an activating group) is 1. The minimum atomic E-state index is -3.95. The topological polar surface area (TPSA) is 122 Å². The molecule has 204 valence electrons. The van der Waals surface area contributed by atoms with Gasteiger partial charge in [0.15, 0.2) is 5.82 Å². The van der Waals surface area contributed by atoms with E-state index in [0.717, 1.165) is 12.0 Å². The summed E-state index contributed by atoms with van der Waals surface area (Å²) in [5.74, 6) is 0.367. The lowest BCUT2D eigenvalue weighted by molar-refractivity contribution is -0.142. The zero-order chi connectivity index (χ0) is 28.0. The molecular formula is C28H36N4O5S. The maximum Gasteiger partial charge on any atom is 0.263 e. The Hall–Kier alpha value is -3.66. The van der Waals surface area contributed by atoms with E-state index in [4.69, 9.17) is 4.52 Å². The van der Waals surface area contributed by atoms with Crippen molar-refractivity contribution >= 4 is 27.7 Å². The zero-order valence-corrected chi connectivity index (χ0v) is 23.6. The van der Waals surface area contributed by atoms with Gasteiger partial charge in [-0.05, 0) is 37.0 Å². The van der Waals surface area contributed by atoms with Crippen molar-refractivity contribution in [2.75, 3.05) is 11.8 Å². The number of aryl methyl sites for hydroxylation is 1. The summed E-state index contributed by atoms with van der Waals surface area (Å²) >= 11 is 0. The number of nitrogens with one attached hydrogen (secondary N) is 2. The van der Waals surface area contributed by atoms with E-state index >= 15 is 0 Å². The van der Waals surface area contributed by atoms with Crippen molar-refractivity contribution in [3.8, 4) is 11.1 Å². The first-order valence-corrected chi connectivity index (χ1v) is 14.2. The number of carbonyl (C=O) groups excluding carboxylic acids is 2. The van der Waals surface area contributed by atoms with Crippen LogP contribution in [0.1, 0.15) is 50.5 Å². The lowest BCUT2D eigenvalue weighted by Gasteiger charge is -2.34. The molecule has 38 heavy (non-hydrogen) atoms. The summed E-state index contributed by atoms with van der Waals surface area (Å²) in [6.07, 6.45) is 1.03. The van der Waals surface area contributed by atoms with Gasteiger partial charge in [-0.15, -0.1) is 0 Å². The van der Waals surface area contributed by atoms with Gasteiger partial charge in [-0.3, -0.25) is 14.3 Å². The Bertz CT molecular complexity index is 1380. The largest absolute Gasteiger partial charge is 0.359 e. The van der Waals surface area contributed by atoms with Crippen LogP contribution in [0.25, 0.3) is 11.1 Å². The Kier molecular flexibility index (Phi) is 9.32. The molecule has 3 rings (SSSR count). The summed E-state index contributed by atoms with van der Waals surface area (Å²) in [6, 6.07) is 13.5. The van der Waals surface area contributed by atoms with E-state index in [0.29, 0.717) is 22.5 Å². The highest BCUT2D eigenvalue weighted by Crippen LogP contribution is 2.30. The molecule has 0 fully saturated rings. The second-order valence-electron chi connectivity index (χ2n) is 9.33. The molecule has 1 heterocycles. The molecule has 3 aromatic rings. The van der Waals surface area contributed by atoms with Crippen molar-refractivity contribution in [2.24, 2.45) is 5.92 Å². The number of benzene rings is 2. The third kappa shape index (κ3) is 6.24. The highest BCUT2D eigenvalue weighted by Gasteiger charge is 2.32. The molecule has 0 aliphatic carbocycles. The minimum Gasteiger partial charge on any atom is -0.359 e. The molecule has 10 heteroatoms. The molecule has 0 saturated carbocycles. The second kappa shape index (κ2) is 12.3. The lowest BCUT2D eigenvalue weighted by Crippen LogP contribution is -2.51. The van der Waals surface area contributed by atoms with E-state index in [-0.39, 0.29) is 41.4 Å². The van der Waals surface area contributed by atoms with Gasteiger partial charge in [0.2, 0.25) is 11.8 Å². The number of carbonyl (C=O) groups is 2. The van der Waals surface area contributed by atoms with Crippen molar-refractivity contribution in [1.82, 2.24) is 15.4 Å². The van der Waals surface area contributed by atoms with Crippen molar-refractivity contribution < 1.29 is 22.5 Å². The fourth-order valence-electron chi connectivity index (χ4n) is 4.24. The Morgan fingerprint density at radius 2 is 1.71 bits per heavy atom. The fraction of sp³-hybridized carbons (Fsp3) is 0.393. The maximum absolute atomic E-state index is 13.3. The smallest absolute Gasteiger partial charge is 0.263 e. The van der Waals surface area contributed by atoms with Gasteiger partial charge in [-0.25, -0.2) is 8.42 Å². The van der Waals surface area contributed by atoms with Crippen molar-refractivity contribution in [2.45, 2.75) is 64.9 Å². The van der Waals surface area contributed by atoms with Crippen LogP contribution in [0.4, 0.5) is 5.82 Å². The van der Waals surface area contributed by atoms with Gasteiger partial charge < -0.3 is 14.7 Å². The SMILES string of the molecule is CCC(=O)N(Cc1ccc(-c2ccccc2S(=O)(=O)Nc2noc(C)c2C)cc1)[C@H](C(=O)NC)[C@@H](C)CC. The summed E-state index contributed by atoms with van der Waals surface area (Å²) < 4.78 is 34.1. The lowest BCUT2D eigenvalue weighted by atomic mass is 9.95. The molecule has 0 spiro atoms. The van der Waals surface area contributed by atoms with Crippen LogP contribution in [0.3, 0.4) is 0 Å². The Balaban J connectivity index is 1.92. The van der Waals surface area contributed by atoms with E-state index < -0.39 is 16.1 Å². The number of aromatic nitrogens is 1. The third-order valence-electron chi connectivity index (χ3n) is 6.84. The monoisotopic (exact) mass is 540 g/mol. The maximum atomic E-state index is 13.3. The summed E-state index contributed by atoms with van der Waals surface area (Å²) in [5.41, 5.74) is 2.67. The molecular weight excluding hydrogens is 504 g/mol. The molecule has 0 saturated heterocycles. The summed E-state index contributed by atoms with van der Waals surface area (Å²) in [5, 5.41) is 6.51. The first kappa shape index (κ1) is 28.9. The second-order valence-corrected chi connectivity index (χ2v) is 11.0. The fourth-order valence-corrected chi connectivity index (χ4v) is 5.53. The highest BCUT2D eigenvalue weighted by atomic mass is 32.2. The van der Waals surface area contributed by atoms with Crippen molar-refractivity contribution in [1.29, 1.82) is 0 Å².